The van der Waals surface area contributed by atoms with E-state index >= 15 is 0 Å². The number of phenols is 1. The summed E-state index contributed by atoms with van der Waals surface area (Å²) in [6.07, 6.45) is 0. The maximum absolute atomic E-state index is 9.59. The summed E-state index contributed by atoms with van der Waals surface area (Å²) in [5.41, 5.74) is 2.96. The minimum absolute atomic E-state index is 0.277. The molecule has 0 aliphatic carbocycles. The van der Waals surface area contributed by atoms with Crippen molar-refractivity contribution in [2.75, 3.05) is 0 Å². The van der Waals surface area contributed by atoms with E-state index in [0.29, 0.717) is 5.75 Å². The molecule has 0 atom stereocenters. The molecule has 0 aliphatic rings. The topological polar surface area (TPSA) is 29.5 Å². The van der Waals surface area contributed by atoms with Crippen LogP contribution in [0.3, 0.4) is 0 Å². The zero-order valence-corrected chi connectivity index (χ0v) is 11.8. The Hall–Kier alpha value is -2.74. The second-order valence-corrected chi connectivity index (χ2v) is 4.91. The predicted octanol–water partition coefficient (Wildman–Crippen LogP) is 5.16. The van der Waals surface area contributed by atoms with E-state index in [4.69, 9.17) is 4.74 Å². The molecule has 104 valence electrons. The summed E-state index contributed by atoms with van der Waals surface area (Å²) in [7, 11) is 0. The number of hydrogen-bond acceptors (Lipinski definition) is 2. The Kier molecular flexibility index (Phi) is 3.61. The van der Waals surface area contributed by atoms with Gasteiger partial charge in [0.25, 0.3) is 0 Å². The largest absolute Gasteiger partial charge is 0.508 e. The Morgan fingerprint density at radius 2 is 1.52 bits per heavy atom. The number of aromatic hydroxyl groups is 1. The molecular weight excluding hydrogens is 260 g/mol. The number of rotatable bonds is 3. The molecule has 3 aromatic rings. The van der Waals surface area contributed by atoms with Gasteiger partial charge in [0.2, 0.25) is 0 Å². The molecule has 3 aromatic carbocycles. The molecule has 0 bridgehead atoms. The molecular formula is C19H16O2. The number of hydrogen-bond donors (Lipinski definition) is 1. The van der Waals surface area contributed by atoms with Crippen molar-refractivity contribution in [3.8, 4) is 28.4 Å². The molecule has 0 saturated carbocycles. The molecule has 2 nitrogen and oxygen atoms in total. The lowest BCUT2D eigenvalue weighted by molar-refractivity contribution is 0.461. The van der Waals surface area contributed by atoms with Gasteiger partial charge in [-0.15, -0.1) is 0 Å². The minimum Gasteiger partial charge on any atom is -0.508 e. The van der Waals surface area contributed by atoms with Gasteiger partial charge in [-0.3, -0.25) is 0 Å². The molecule has 1 N–H and O–H groups in total. The van der Waals surface area contributed by atoms with Crippen LogP contribution in [0, 0.1) is 6.92 Å². The van der Waals surface area contributed by atoms with Crippen LogP contribution < -0.4 is 4.74 Å². The highest BCUT2D eigenvalue weighted by Crippen LogP contribution is 2.34. The summed E-state index contributed by atoms with van der Waals surface area (Å²) >= 11 is 0. The van der Waals surface area contributed by atoms with Gasteiger partial charge >= 0.3 is 0 Å². The van der Waals surface area contributed by atoms with E-state index < -0.39 is 0 Å². The fourth-order valence-electron chi connectivity index (χ4n) is 2.23. The van der Waals surface area contributed by atoms with E-state index in [2.05, 4.69) is 12.1 Å². The van der Waals surface area contributed by atoms with Crippen LogP contribution in [-0.2, 0) is 0 Å². The molecule has 0 heterocycles. The summed E-state index contributed by atoms with van der Waals surface area (Å²) in [5.74, 6) is 1.79. The first-order valence-electron chi connectivity index (χ1n) is 6.86. The summed E-state index contributed by atoms with van der Waals surface area (Å²) in [6, 6.07) is 23.3. The molecule has 0 spiro atoms. The van der Waals surface area contributed by atoms with Gasteiger partial charge in [-0.1, -0.05) is 48.5 Å². The lowest BCUT2D eigenvalue weighted by Gasteiger charge is -2.12. The molecule has 0 saturated heterocycles. The third-order valence-electron chi connectivity index (χ3n) is 3.37. The summed E-state index contributed by atoms with van der Waals surface area (Å²) in [5, 5.41) is 9.59. The Morgan fingerprint density at radius 3 is 2.29 bits per heavy atom. The molecule has 0 amide bonds. The molecule has 3 rings (SSSR count). The Balaban J connectivity index is 1.98. The van der Waals surface area contributed by atoms with Crippen molar-refractivity contribution < 1.29 is 9.84 Å². The molecule has 2 heteroatoms. The molecule has 0 unspecified atom stereocenters. The van der Waals surface area contributed by atoms with Gasteiger partial charge in [0.05, 0.1) is 0 Å². The van der Waals surface area contributed by atoms with Crippen molar-refractivity contribution in [2.45, 2.75) is 6.92 Å². The van der Waals surface area contributed by atoms with Crippen molar-refractivity contribution in [1.82, 2.24) is 0 Å². The van der Waals surface area contributed by atoms with E-state index in [1.165, 1.54) is 0 Å². The number of benzene rings is 3. The van der Waals surface area contributed by atoms with Crippen LogP contribution in [0.15, 0.2) is 72.8 Å². The Morgan fingerprint density at radius 1 is 0.810 bits per heavy atom. The van der Waals surface area contributed by atoms with Gasteiger partial charge < -0.3 is 9.84 Å². The van der Waals surface area contributed by atoms with Crippen LogP contribution in [0.2, 0.25) is 0 Å². The fourth-order valence-corrected chi connectivity index (χ4v) is 2.23. The molecule has 21 heavy (non-hydrogen) atoms. The number of phenolic OH excluding ortho intramolecular Hbond substituents is 1. The van der Waals surface area contributed by atoms with Crippen LogP contribution in [0.25, 0.3) is 11.1 Å². The Labute approximate surface area is 124 Å². The maximum Gasteiger partial charge on any atom is 0.135 e. The van der Waals surface area contributed by atoms with E-state index in [0.717, 1.165) is 22.4 Å². The van der Waals surface area contributed by atoms with Crippen LogP contribution >= 0.6 is 0 Å². The van der Waals surface area contributed by atoms with Crippen LogP contribution in [0.4, 0.5) is 0 Å². The number of ether oxygens (including phenoxy) is 1. The second-order valence-electron chi connectivity index (χ2n) is 4.91. The van der Waals surface area contributed by atoms with Gasteiger partial charge in [0.15, 0.2) is 0 Å². The minimum atomic E-state index is 0.277. The third-order valence-corrected chi connectivity index (χ3v) is 3.37. The molecule has 0 radical (unpaired) electrons. The highest BCUT2D eigenvalue weighted by Gasteiger charge is 2.07. The average Bonchev–Trinajstić information content (AvgIpc) is 2.52. The zero-order chi connectivity index (χ0) is 14.7. The SMILES string of the molecule is Cc1cc(Oc2ccccc2-c2ccccc2)ccc1O. The van der Waals surface area contributed by atoms with E-state index in [1.807, 2.05) is 55.5 Å². The number of aryl methyl sites for hydroxylation is 1. The van der Waals surface area contributed by atoms with E-state index in [-0.39, 0.29) is 5.75 Å². The first-order valence-corrected chi connectivity index (χ1v) is 6.86. The first kappa shape index (κ1) is 13.3. The molecule has 0 aromatic heterocycles. The number of para-hydroxylation sites is 1. The molecule has 0 fully saturated rings. The van der Waals surface area contributed by atoms with Gasteiger partial charge in [-0.05, 0) is 42.3 Å². The smallest absolute Gasteiger partial charge is 0.135 e. The van der Waals surface area contributed by atoms with Gasteiger partial charge in [0.1, 0.15) is 17.2 Å². The van der Waals surface area contributed by atoms with Crippen molar-refractivity contribution in [2.24, 2.45) is 0 Å². The van der Waals surface area contributed by atoms with Crippen molar-refractivity contribution >= 4 is 0 Å². The summed E-state index contributed by atoms with van der Waals surface area (Å²) in [6.45, 7) is 1.85. The second kappa shape index (κ2) is 5.71. The monoisotopic (exact) mass is 276 g/mol. The van der Waals surface area contributed by atoms with Crippen molar-refractivity contribution in [3.05, 3.63) is 78.4 Å². The van der Waals surface area contributed by atoms with Gasteiger partial charge in [0, 0.05) is 5.56 Å². The standard InChI is InChI=1S/C19H16O2/c1-14-13-16(11-12-18(14)20)21-19-10-6-5-9-17(19)15-7-3-2-4-8-15/h2-13,20H,1H3. The fraction of sp³-hybridized carbons (Fsp3) is 0.0526. The van der Waals surface area contributed by atoms with Crippen LogP contribution in [-0.4, -0.2) is 5.11 Å². The predicted molar refractivity (Wildman–Crippen MR) is 84.8 cm³/mol. The van der Waals surface area contributed by atoms with Crippen LogP contribution in [0.1, 0.15) is 5.56 Å². The van der Waals surface area contributed by atoms with E-state index in [1.54, 1.807) is 12.1 Å². The van der Waals surface area contributed by atoms with Crippen molar-refractivity contribution in [1.29, 1.82) is 0 Å². The highest BCUT2D eigenvalue weighted by atomic mass is 16.5. The highest BCUT2D eigenvalue weighted by molar-refractivity contribution is 5.70. The normalized spacial score (nSPS) is 10.3. The summed E-state index contributed by atoms with van der Waals surface area (Å²) in [4.78, 5) is 0. The van der Waals surface area contributed by atoms with Crippen molar-refractivity contribution in [3.63, 3.8) is 0 Å². The maximum atomic E-state index is 9.59. The van der Waals surface area contributed by atoms with Crippen LogP contribution in [0.5, 0.6) is 17.2 Å². The van der Waals surface area contributed by atoms with Gasteiger partial charge in [-0.2, -0.15) is 0 Å². The van der Waals surface area contributed by atoms with Gasteiger partial charge in [-0.25, -0.2) is 0 Å². The first-order chi connectivity index (χ1) is 10.2. The lowest BCUT2D eigenvalue weighted by Crippen LogP contribution is -1.88. The van der Waals surface area contributed by atoms with E-state index in [9.17, 15) is 5.11 Å². The lowest BCUT2D eigenvalue weighted by atomic mass is 10.0. The quantitative estimate of drug-likeness (QED) is 0.716. The third kappa shape index (κ3) is 2.90. The Bertz CT molecular complexity index is 749. The zero-order valence-electron chi connectivity index (χ0n) is 11.8. The summed E-state index contributed by atoms with van der Waals surface area (Å²) < 4.78 is 5.99. The average molecular weight is 276 g/mol. The molecule has 0 aliphatic heterocycles.